The van der Waals surface area contributed by atoms with Gasteiger partial charge in [-0.15, -0.1) is 0 Å². The topological polar surface area (TPSA) is 59.6 Å². The highest BCUT2D eigenvalue weighted by Gasteiger charge is 2.10. The zero-order chi connectivity index (χ0) is 21.5. The van der Waals surface area contributed by atoms with Crippen molar-refractivity contribution < 1.29 is 14.3 Å². The SMILES string of the molecule is COc1cc(CNc2cc(Cl)ccc2C)ccc1OCC(=O)Nc1ccc(Cl)cc1. The van der Waals surface area contributed by atoms with Crippen LogP contribution in [0.15, 0.2) is 60.7 Å². The molecule has 0 bridgehead atoms. The van der Waals surface area contributed by atoms with Crippen LogP contribution in [0.25, 0.3) is 0 Å². The van der Waals surface area contributed by atoms with Gasteiger partial charge in [0.2, 0.25) is 0 Å². The minimum atomic E-state index is -0.276. The summed E-state index contributed by atoms with van der Waals surface area (Å²) >= 11 is 11.9. The molecule has 0 unspecified atom stereocenters. The highest BCUT2D eigenvalue weighted by molar-refractivity contribution is 6.31. The van der Waals surface area contributed by atoms with E-state index in [1.165, 1.54) is 0 Å². The Bertz CT molecular complexity index is 1020. The standard InChI is InChI=1S/C23H22Cl2N2O3/c1-15-3-5-18(25)12-20(15)26-13-16-4-10-21(22(11-16)29-2)30-14-23(28)27-19-8-6-17(24)7-9-19/h3-12,26H,13-14H2,1-2H3,(H,27,28). The van der Waals surface area contributed by atoms with Gasteiger partial charge in [0.1, 0.15) is 0 Å². The molecule has 0 spiro atoms. The molecule has 0 atom stereocenters. The molecule has 0 radical (unpaired) electrons. The van der Waals surface area contributed by atoms with Gasteiger partial charge in [0.25, 0.3) is 5.91 Å². The third kappa shape index (κ3) is 6.05. The van der Waals surface area contributed by atoms with Crippen molar-refractivity contribution in [2.75, 3.05) is 24.4 Å². The van der Waals surface area contributed by atoms with Gasteiger partial charge < -0.3 is 20.1 Å². The van der Waals surface area contributed by atoms with Crippen molar-refractivity contribution in [2.24, 2.45) is 0 Å². The van der Waals surface area contributed by atoms with E-state index >= 15 is 0 Å². The number of ether oxygens (including phenoxy) is 2. The zero-order valence-electron chi connectivity index (χ0n) is 16.7. The fraction of sp³-hybridized carbons (Fsp3) is 0.174. The molecule has 3 rings (SSSR count). The lowest BCUT2D eigenvalue weighted by molar-refractivity contribution is -0.118. The predicted molar refractivity (Wildman–Crippen MR) is 122 cm³/mol. The first kappa shape index (κ1) is 21.8. The summed E-state index contributed by atoms with van der Waals surface area (Å²) in [5.74, 6) is 0.768. The summed E-state index contributed by atoms with van der Waals surface area (Å²) in [6.07, 6.45) is 0. The van der Waals surface area contributed by atoms with Crippen LogP contribution in [0.2, 0.25) is 10.0 Å². The fourth-order valence-electron chi connectivity index (χ4n) is 2.80. The number of carbonyl (C=O) groups excluding carboxylic acids is 1. The third-order valence-corrected chi connectivity index (χ3v) is 4.88. The van der Waals surface area contributed by atoms with Crippen LogP contribution in [0.1, 0.15) is 11.1 Å². The maximum absolute atomic E-state index is 12.1. The number of nitrogens with one attached hydrogen (secondary N) is 2. The van der Waals surface area contributed by atoms with Gasteiger partial charge in [-0.3, -0.25) is 4.79 Å². The highest BCUT2D eigenvalue weighted by atomic mass is 35.5. The molecule has 0 saturated heterocycles. The van der Waals surface area contributed by atoms with E-state index in [-0.39, 0.29) is 12.5 Å². The number of halogens is 2. The monoisotopic (exact) mass is 444 g/mol. The number of carbonyl (C=O) groups is 1. The molecule has 30 heavy (non-hydrogen) atoms. The first-order valence-electron chi connectivity index (χ1n) is 9.30. The molecule has 0 saturated carbocycles. The summed E-state index contributed by atoms with van der Waals surface area (Å²) in [5, 5.41) is 7.41. The van der Waals surface area contributed by atoms with E-state index in [9.17, 15) is 4.79 Å². The summed E-state index contributed by atoms with van der Waals surface area (Å²) in [6.45, 7) is 2.47. The molecule has 3 aromatic carbocycles. The van der Waals surface area contributed by atoms with Crippen molar-refractivity contribution in [3.63, 3.8) is 0 Å². The molecule has 0 heterocycles. The molecule has 0 aliphatic carbocycles. The zero-order valence-corrected chi connectivity index (χ0v) is 18.2. The van der Waals surface area contributed by atoms with Gasteiger partial charge in [-0.1, -0.05) is 35.3 Å². The van der Waals surface area contributed by atoms with Crippen LogP contribution >= 0.6 is 23.2 Å². The van der Waals surface area contributed by atoms with E-state index in [1.807, 2.05) is 37.3 Å². The van der Waals surface area contributed by atoms with Crippen LogP contribution in [-0.4, -0.2) is 19.6 Å². The number of aryl methyl sites for hydroxylation is 1. The first-order chi connectivity index (χ1) is 14.4. The maximum Gasteiger partial charge on any atom is 0.262 e. The molecule has 0 aliphatic rings. The number of hydrogen-bond acceptors (Lipinski definition) is 4. The van der Waals surface area contributed by atoms with E-state index < -0.39 is 0 Å². The Morgan fingerprint density at radius 2 is 1.67 bits per heavy atom. The molecule has 0 aromatic heterocycles. The van der Waals surface area contributed by atoms with Gasteiger partial charge in [-0.2, -0.15) is 0 Å². The molecule has 5 nitrogen and oxygen atoms in total. The van der Waals surface area contributed by atoms with Crippen LogP contribution in [0.3, 0.4) is 0 Å². The second-order valence-electron chi connectivity index (χ2n) is 6.64. The number of amides is 1. The molecular formula is C23H22Cl2N2O3. The van der Waals surface area contributed by atoms with Crippen molar-refractivity contribution in [1.82, 2.24) is 0 Å². The summed E-state index contributed by atoms with van der Waals surface area (Å²) < 4.78 is 11.1. The van der Waals surface area contributed by atoms with Gasteiger partial charge in [0.15, 0.2) is 18.1 Å². The maximum atomic E-state index is 12.1. The number of rotatable bonds is 8. The van der Waals surface area contributed by atoms with E-state index in [0.29, 0.717) is 33.8 Å². The van der Waals surface area contributed by atoms with Gasteiger partial charge in [-0.05, 0) is 66.6 Å². The number of benzene rings is 3. The van der Waals surface area contributed by atoms with Crippen LogP contribution < -0.4 is 20.1 Å². The van der Waals surface area contributed by atoms with Crippen LogP contribution in [-0.2, 0) is 11.3 Å². The third-order valence-electron chi connectivity index (χ3n) is 4.40. The molecule has 1 amide bonds. The predicted octanol–water partition coefficient (Wildman–Crippen LogP) is 5.94. The fourth-order valence-corrected chi connectivity index (χ4v) is 3.09. The van der Waals surface area contributed by atoms with Gasteiger partial charge in [0, 0.05) is 28.0 Å². The van der Waals surface area contributed by atoms with Gasteiger partial charge in [0.05, 0.1) is 7.11 Å². The molecule has 156 valence electrons. The Morgan fingerprint density at radius 3 is 2.40 bits per heavy atom. The first-order valence-corrected chi connectivity index (χ1v) is 10.1. The van der Waals surface area contributed by atoms with Crippen molar-refractivity contribution in [3.8, 4) is 11.5 Å². The smallest absolute Gasteiger partial charge is 0.262 e. The summed E-state index contributed by atoms with van der Waals surface area (Å²) in [4.78, 5) is 12.1. The quantitative estimate of drug-likeness (QED) is 0.451. The lowest BCUT2D eigenvalue weighted by atomic mass is 10.1. The molecule has 0 aliphatic heterocycles. The number of hydrogen-bond donors (Lipinski definition) is 2. The Labute approximate surface area is 185 Å². The average Bonchev–Trinajstić information content (AvgIpc) is 2.74. The molecule has 7 heteroatoms. The van der Waals surface area contributed by atoms with Gasteiger partial charge >= 0.3 is 0 Å². The van der Waals surface area contributed by atoms with Crippen molar-refractivity contribution in [2.45, 2.75) is 13.5 Å². The van der Waals surface area contributed by atoms with E-state index in [4.69, 9.17) is 32.7 Å². The van der Waals surface area contributed by atoms with Crippen LogP contribution in [0, 0.1) is 6.92 Å². The van der Waals surface area contributed by atoms with Crippen molar-refractivity contribution in [1.29, 1.82) is 0 Å². The molecule has 3 aromatic rings. The summed E-state index contributed by atoms with van der Waals surface area (Å²) in [5.41, 5.74) is 3.74. The van der Waals surface area contributed by atoms with Crippen LogP contribution in [0.5, 0.6) is 11.5 Å². The molecule has 0 fully saturated rings. The minimum Gasteiger partial charge on any atom is -0.493 e. The largest absolute Gasteiger partial charge is 0.493 e. The Morgan fingerprint density at radius 1 is 0.933 bits per heavy atom. The van der Waals surface area contributed by atoms with Crippen molar-refractivity contribution >= 4 is 40.5 Å². The molecule has 2 N–H and O–H groups in total. The Hall–Kier alpha value is -2.89. The Kier molecular flexibility index (Phi) is 7.44. The highest BCUT2D eigenvalue weighted by Crippen LogP contribution is 2.29. The lowest BCUT2D eigenvalue weighted by Gasteiger charge is -2.14. The van der Waals surface area contributed by atoms with E-state index in [0.717, 1.165) is 16.8 Å². The van der Waals surface area contributed by atoms with Gasteiger partial charge in [-0.25, -0.2) is 0 Å². The number of anilines is 2. The Balaban J connectivity index is 1.58. The second-order valence-corrected chi connectivity index (χ2v) is 7.51. The van der Waals surface area contributed by atoms with E-state index in [1.54, 1.807) is 37.4 Å². The van der Waals surface area contributed by atoms with E-state index in [2.05, 4.69) is 10.6 Å². The minimum absolute atomic E-state index is 0.141. The lowest BCUT2D eigenvalue weighted by Crippen LogP contribution is -2.20. The summed E-state index contributed by atoms with van der Waals surface area (Å²) in [6, 6.07) is 18.2. The normalized spacial score (nSPS) is 10.4. The second kappa shape index (κ2) is 10.2. The van der Waals surface area contributed by atoms with Crippen molar-refractivity contribution in [3.05, 3.63) is 81.8 Å². The van der Waals surface area contributed by atoms with Crippen LogP contribution in [0.4, 0.5) is 11.4 Å². The summed E-state index contributed by atoms with van der Waals surface area (Å²) in [7, 11) is 1.56. The molecular weight excluding hydrogens is 423 g/mol. The number of methoxy groups -OCH3 is 1. The average molecular weight is 445 g/mol.